The van der Waals surface area contributed by atoms with Gasteiger partial charge in [0, 0.05) is 17.7 Å². The Bertz CT molecular complexity index is 891. The molecule has 0 rings (SSSR count). The van der Waals surface area contributed by atoms with Crippen LogP contribution in [0.15, 0.2) is 0 Å². The van der Waals surface area contributed by atoms with Crippen LogP contribution in [0.3, 0.4) is 0 Å². The van der Waals surface area contributed by atoms with Crippen molar-refractivity contribution in [1.82, 2.24) is 9.65 Å². The highest BCUT2D eigenvalue weighted by Crippen LogP contribution is 2.64. The molecule has 24 heteroatoms. The highest BCUT2D eigenvalue weighted by atomic mass is 35.5. The molecule has 0 saturated heterocycles. The third kappa shape index (κ3) is 5.12. The molecule has 0 aromatic rings. The summed E-state index contributed by atoms with van der Waals surface area (Å²) in [5.74, 6) is -52.4. The molecule has 0 aromatic heterocycles. The molecule has 0 fully saturated rings. The Labute approximate surface area is 200 Å². The van der Waals surface area contributed by atoms with Crippen LogP contribution in [0.5, 0.6) is 0 Å². The van der Waals surface area contributed by atoms with E-state index >= 15 is 0 Å². The Morgan fingerprint density at radius 3 is 1.14 bits per heavy atom. The van der Waals surface area contributed by atoms with Gasteiger partial charge in [0.1, 0.15) is 0 Å². The van der Waals surface area contributed by atoms with E-state index in [1.165, 1.54) is 0 Å². The van der Waals surface area contributed by atoms with Crippen molar-refractivity contribution in [3.05, 3.63) is 0 Å². The molecule has 0 atom stereocenters. The maximum absolute atomic E-state index is 13.9. The van der Waals surface area contributed by atoms with Crippen LogP contribution in [0.2, 0.25) is 0 Å². The normalized spacial score (nSPS) is 15.8. The maximum Gasteiger partial charge on any atom is 0.460 e. The topological polar surface area (TPSA) is 40.6 Å². The molecule has 0 aliphatic carbocycles. The van der Waals surface area contributed by atoms with E-state index in [2.05, 4.69) is 0 Å². The van der Waals surface area contributed by atoms with Gasteiger partial charge in [-0.2, -0.15) is 79.6 Å². The zero-order valence-corrected chi connectivity index (χ0v) is 19.1. The summed E-state index contributed by atoms with van der Waals surface area (Å²) < 4.78 is 259. The standard InChI is InChI=1S/C13H12F18N2O2S.ClH/c1-3-5-32(4-2)33(31)36(34,35)13(29,30)11(24,25)9(20,21)7(16,17)6(14,15)8(18,19)10(22,23)12(26,27)28;/h3-5H2,1-2H3;1H. The summed E-state index contributed by atoms with van der Waals surface area (Å²) >= 11 is 0. The summed E-state index contributed by atoms with van der Waals surface area (Å²) in [6.45, 7) is -0.199. The van der Waals surface area contributed by atoms with E-state index in [1.54, 1.807) is 0 Å². The van der Waals surface area contributed by atoms with E-state index < -0.39 is 79.7 Å². The van der Waals surface area contributed by atoms with Gasteiger partial charge in [-0.1, -0.05) is 13.8 Å². The van der Waals surface area contributed by atoms with Crippen LogP contribution in [0.4, 0.5) is 79.1 Å². The van der Waals surface area contributed by atoms with Gasteiger partial charge >= 0.3 is 57.0 Å². The molecule has 0 spiro atoms. The van der Waals surface area contributed by atoms with Crippen LogP contribution in [0, 0.1) is 0 Å². The van der Waals surface area contributed by atoms with Crippen molar-refractivity contribution in [1.29, 1.82) is 0 Å². The van der Waals surface area contributed by atoms with E-state index in [4.69, 9.17) is 0 Å². The number of hydrogen-bond donors (Lipinski definition) is 0. The zero-order valence-electron chi connectivity index (χ0n) is 17.5. The Kier molecular flexibility index (Phi) is 10.8. The zero-order chi connectivity index (χ0) is 29.8. The van der Waals surface area contributed by atoms with Gasteiger partial charge in [-0.3, -0.25) is 0 Å². The predicted molar refractivity (Wildman–Crippen MR) is 87.3 cm³/mol. The second kappa shape index (κ2) is 10.5. The highest BCUT2D eigenvalue weighted by molar-refractivity contribution is 7.90. The molecule has 0 N–H and O–H groups in total. The average Bonchev–Trinajstić information content (AvgIpc) is 2.69. The minimum atomic E-state index is -8.96. The molecule has 0 aliphatic rings. The minimum Gasteiger partial charge on any atom is -0.202 e. The molecular weight excluding hydrogens is 626 g/mol. The molecule has 37 heavy (non-hydrogen) atoms. The van der Waals surface area contributed by atoms with Gasteiger partial charge in [-0.05, 0) is 6.42 Å². The smallest absolute Gasteiger partial charge is 0.202 e. The molecule has 0 amide bonds. The fraction of sp³-hybridized carbons (Fsp3) is 1.00. The van der Waals surface area contributed by atoms with Gasteiger partial charge in [-0.15, -0.1) is 16.9 Å². The van der Waals surface area contributed by atoms with Crippen LogP contribution < -0.4 is 0 Å². The third-order valence-electron chi connectivity index (χ3n) is 4.28. The van der Waals surface area contributed by atoms with Gasteiger partial charge in [-0.25, -0.2) is 8.42 Å². The van der Waals surface area contributed by atoms with Gasteiger partial charge < -0.3 is 0 Å². The first-order chi connectivity index (χ1) is 15.4. The highest BCUT2D eigenvalue weighted by Gasteiger charge is 2.96. The van der Waals surface area contributed by atoms with E-state index in [-0.39, 0.29) is 18.8 Å². The first-order valence-electron chi connectivity index (χ1n) is 8.60. The fourth-order valence-electron chi connectivity index (χ4n) is 2.16. The number of alkyl halides is 17. The fourth-order valence-corrected chi connectivity index (χ4v) is 3.31. The molecule has 0 aromatic carbocycles. The van der Waals surface area contributed by atoms with Crippen molar-refractivity contribution in [2.24, 2.45) is 0 Å². The number of nitrogens with zero attached hydrogens (tertiary/aromatic N) is 2. The van der Waals surface area contributed by atoms with Crippen LogP contribution in [0.1, 0.15) is 20.3 Å². The Morgan fingerprint density at radius 2 is 0.865 bits per heavy atom. The number of sulfonamides is 1. The molecule has 4 nitrogen and oxygen atoms in total. The van der Waals surface area contributed by atoms with Gasteiger partial charge in [0.25, 0.3) is 0 Å². The van der Waals surface area contributed by atoms with Crippen molar-refractivity contribution in [2.45, 2.75) is 67.2 Å². The second-order valence-electron chi connectivity index (χ2n) is 6.71. The van der Waals surface area contributed by atoms with Crippen molar-refractivity contribution < 1.29 is 87.5 Å². The Morgan fingerprint density at radius 1 is 0.568 bits per heavy atom. The summed E-state index contributed by atoms with van der Waals surface area (Å²) in [5, 5.41) is -8.39. The molecular formula is C13H13ClF18N2O2S. The first-order valence-corrected chi connectivity index (χ1v) is 10.0. The van der Waals surface area contributed by atoms with E-state index in [0.717, 1.165) is 13.8 Å². The van der Waals surface area contributed by atoms with Gasteiger partial charge in [0.15, 0.2) is 0 Å². The number of halogens is 19. The lowest BCUT2D eigenvalue weighted by molar-refractivity contribution is -0.458. The van der Waals surface area contributed by atoms with E-state index in [1.807, 2.05) is 0 Å². The lowest BCUT2D eigenvalue weighted by Crippen LogP contribution is -2.75. The van der Waals surface area contributed by atoms with Crippen LogP contribution in [0.25, 0.3) is 0 Å². The summed E-state index contributed by atoms with van der Waals surface area (Å²) in [7, 11) is -7.97. The first kappa shape index (κ1) is 38.0. The second-order valence-corrected chi connectivity index (χ2v) is 8.47. The van der Waals surface area contributed by atoms with E-state index in [9.17, 15) is 87.5 Å². The monoisotopic (exact) mass is 638 g/mol. The van der Waals surface area contributed by atoms with Gasteiger partial charge in [0.2, 0.25) is 0 Å². The minimum absolute atomic E-state index is 0. The predicted octanol–water partition coefficient (Wildman–Crippen LogP) is 6.54. The summed E-state index contributed by atoms with van der Waals surface area (Å²) in [6.07, 6.45) is -8.30. The lowest BCUT2D eigenvalue weighted by atomic mass is 9.91. The Balaban J connectivity index is 0. The van der Waals surface area contributed by atoms with Crippen LogP contribution in [-0.4, -0.2) is 78.1 Å². The summed E-state index contributed by atoms with van der Waals surface area (Å²) in [4.78, 5) is 0. The largest absolute Gasteiger partial charge is 0.460 e. The van der Waals surface area contributed by atoms with Crippen molar-refractivity contribution in [3.63, 3.8) is 0 Å². The molecule has 0 saturated carbocycles. The van der Waals surface area contributed by atoms with E-state index in [0.29, 0.717) is 0 Å². The van der Waals surface area contributed by atoms with Crippen LogP contribution >= 0.6 is 12.4 Å². The summed E-state index contributed by atoms with van der Waals surface area (Å²) in [6, 6.07) is 0. The number of hydrazine groups is 1. The maximum atomic E-state index is 13.9. The van der Waals surface area contributed by atoms with Crippen LogP contribution in [-0.2, 0) is 10.0 Å². The molecule has 0 radical (unpaired) electrons. The summed E-state index contributed by atoms with van der Waals surface area (Å²) in [5.41, 5.74) is 0. The van der Waals surface area contributed by atoms with Crippen molar-refractivity contribution in [2.75, 3.05) is 13.1 Å². The molecule has 0 aliphatic heterocycles. The van der Waals surface area contributed by atoms with Crippen molar-refractivity contribution in [3.8, 4) is 0 Å². The average molecular weight is 639 g/mol. The molecule has 226 valence electrons. The SMILES string of the molecule is CCCN(CC)N(F)S(=O)(=O)C(F)(F)C(F)(F)C(F)(F)C(F)(F)C(F)(F)C(F)(F)C(F)(F)C(F)(F)F.Cl. The Hall–Kier alpha value is -1.10. The number of hydrogen-bond acceptors (Lipinski definition) is 3. The lowest BCUT2D eigenvalue weighted by Gasteiger charge is -2.42. The third-order valence-corrected chi connectivity index (χ3v) is 5.82. The molecule has 0 unspecified atom stereocenters. The molecule has 0 heterocycles. The van der Waals surface area contributed by atoms with Crippen molar-refractivity contribution >= 4 is 22.4 Å². The van der Waals surface area contributed by atoms with Gasteiger partial charge in [0.05, 0.1) is 0 Å². The molecule has 0 bridgehead atoms. The quantitative estimate of drug-likeness (QED) is 0.139. The number of rotatable bonds is 12.